The van der Waals surface area contributed by atoms with Crippen LogP contribution in [0.25, 0.3) is 0 Å². The van der Waals surface area contributed by atoms with Crippen LogP contribution in [0.5, 0.6) is 5.75 Å². The number of carbonyl (C=O) groups excluding carboxylic acids is 1. The highest BCUT2D eigenvalue weighted by atomic mass is 32.2. The van der Waals surface area contributed by atoms with E-state index in [2.05, 4.69) is 9.90 Å². The number of hydrogen-bond donors (Lipinski definition) is 1. The van der Waals surface area contributed by atoms with Crippen molar-refractivity contribution < 1.29 is 17.9 Å². The van der Waals surface area contributed by atoms with Gasteiger partial charge in [0.25, 0.3) is 0 Å². The molecule has 2 aromatic carbocycles. The number of methoxy groups -OCH3 is 1. The van der Waals surface area contributed by atoms with E-state index in [-0.39, 0.29) is 22.6 Å². The number of ether oxygens (including phenoxy) is 1. The first kappa shape index (κ1) is 20.5. The van der Waals surface area contributed by atoms with Crippen molar-refractivity contribution in [3.05, 3.63) is 64.1 Å². The summed E-state index contributed by atoms with van der Waals surface area (Å²) in [5, 5.41) is 2.99. The summed E-state index contributed by atoms with van der Waals surface area (Å²) in [6, 6.07) is 10.1. The maximum absolute atomic E-state index is 13.0. The summed E-state index contributed by atoms with van der Waals surface area (Å²) in [6.07, 6.45) is 0. The van der Waals surface area contributed by atoms with Crippen molar-refractivity contribution in [1.82, 2.24) is 4.31 Å². The zero-order chi connectivity index (χ0) is 20.2. The van der Waals surface area contributed by atoms with E-state index in [0.717, 1.165) is 4.31 Å². The number of carbonyl (C=O) groups is 1. The van der Waals surface area contributed by atoms with Gasteiger partial charge in [-0.2, -0.15) is 17.6 Å². The maximum Gasteiger partial charge on any atom is 0.301 e. The fourth-order valence-electron chi connectivity index (χ4n) is 2.48. The van der Waals surface area contributed by atoms with Gasteiger partial charge in [-0.05, 0) is 37.3 Å². The van der Waals surface area contributed by atoms with Crippen molar-refractivity contribution in [2.45, 2.75) is 13.0 Å². The Labute approximate surface area is 158 Å². The van der Waals surface area contributed by atoms with Gasteiger partial charge in [0.05, 0.1) is 12.8 Å². The molecule has 144 valence electrons. The van der Waals surface area contributed by atoms with Gasteiger partial charge in [0.15, 0.2) is 5.78 Å². The largest absolute Gasteiger partial charge is 0.497 e. The predicted octanol–water partition coefficient (Wildman–Crippen LogP) is 2.97. The molecule has 8 nitrogen and oxygen atoms in total. The van der Waals surface area contributed by atoms with Gasteiger partial charge in [0.1, 0.15) is 11.8 Å². The summed E-state index contributed by atoms with van der Waals surface area (Å²) in [5.74, 6) is 0.247. The summed E-state index contributed by atoms with van der Waals surface area (Å²) < 4.78 is 32.9. The van der Waals surface area contributed by atoms with Gasteiger partial charge in [-0.25, -0.2) is 0 Å². The molecule has 1 unspecified atom stereocenters. The van der Waals surface area contributed by atoms with Crippen LogP contribution in [0.15, 0.2) is 47.6 Å². The minimum absolute atomic E-state index is 0.134. The molecule has 0 aliphatic heterocycles. The molecule has 1 N–H and O–H groups in total. The molecule has 0 fully saturated rings. The number of hydrogen-bond acceptors (Lipinski definition) is 6. The molecule has 0 aromatic heterocycles. The van der Waals surface area contributed by atoms with E-state index < -0.39 is 16.3 Å². The van der Waals surface area contributed by atoms with Crippen molar-refractivity contribution in [3.8, 4) is 5.75 Å². The van der Waals surface area contributed by atoms with Crippen LogP contribution < -0.4 is 9.46 Å². The average Bonchev–Trinajstić information content (AvgIpc) is 2.66. The number of ketones is 1. The monoisotopic (exact) mass is 391 g/mol. The lowest BCUT2D eigenvalue weighted by atomic mass is 9.93. The van der Waals surface area contributed by atoms with Crippen molar-refractivity contribution in [3.63, 3.8) is 0 Å². The van der Waals surface area contributed by atoms with Gasteiger partial charge >= 0.3 is 10.2 Å². The molecule has 0 spiro atoms. The Morgan fingerprint density at radius 1 is 1.15 bits per heavy atom. The quantitative estimate of drug-likeness (QED) is 0.550. The van der Waals surface area contributed by atoms with Crippen molar-refractivity contribution in [2.75, 3.05) is 25.9 Å². The average molecular weight is 391 g/mol. The van der Waals surface area contributed by atoms with Gasteiger partial charge in [-0.3, -0.25) is 9.52 Å². The molecule has 0 saturated carbocycles. The van der Waals surface area contributed by atoms with Crippen LogP contribution in [0.4, 0.5) is 5.69 Å². The lowest BCUT2D eigenvalue weighted by Crippen LogP contribution is -2.29. The van der Waals surface area contributed by atoms with Gasteiger partial charge in [-0.1, -0.05) is 17.3 Å². The van der Waals surface area contributed by atoms with E-state index in [4.69, 9.17) is 4.74 Å². The molecule has 0 aliphatic rings. The maximum atomic E-state index is 13.0. The van der Waals surface area contributed by atoms with Gasteiger partial charge in [-0.15, -0.1) is 0 Å². The number of nitrogens with one attached hydrogen (secondary N) is 1. The van der Waals surface area contributed by atoms with Crippen LogP contribution in [0.1, 0.15) is 34.5 Å². The van der Waals surface area contributed by atoms with Crippen LogP contribution in [-0.2, 0) is 10.2 Å². The highest BCUT2D eigenvalue weighted by Crippen LogP contribution is 2.31. The zero-order valence-corrected chi connectivity index (χ0v) is 16.3. The molecule has 0 saturated heterocycles. The van der Waals surface area contributed by atoms with Crippen LogP contribution in [0.2, 0.25) is 0 Å². The van der Waals surface area contributed by atoms with Crippen LogP contribution in [-0.4, -0.2) is 39.7 Å². The predicted molar refractivity (Wildman–Crippen MR) is 103 cm³/mol. The third-order valence-electron chi connectivity index (χ3n) is 4.00. The van der Waals surface area contributed by atoms with E-state index in [1.165, 1.54) is 40.3 Å². The molecule has 1 atom stereocenters. The molecular weight excluding hydrogens is 370 g/mol. The molecule has 2 rings (SSSR count). The zero-order valence-electron chi connectivity index (χ0n) is 15.5. The molecule has 2 aromatic rings. The molecule has 27 heavy (non-hydrogen) atoms. The van der Waals surface area contributed by atoms with E-state index in [1.807, 2.05) is 0 Å². The fourth-order valence-corrected chi connectivity index (χ4v) is 3.12. The molecule has 0 aliphatic carbocycles. The van der Waals surface area contributed by atoms with Crippen molar-refractivity contribution in [1.29, 1.82) is 0 Å². The second-order valence-corrected chi connectivity index (χ2v) is 7.88. The van der Waals surface area contributed by atoms with Gasteiger partial charge < -0.3 is 4.74 Å². The number of rotatable bonds is 8. The third kappa shape index (κ3) is 4.50. The van der Waals surface area contributed by atoms with Crippen LogP contribution >= 0.6 is 0 Å². The highest BCUT2D eigenvalue weighted by molar-refractivity contribution is 7.90. The molecule has 0 heterocycles. The summed E-state index contributed by atoms with van der Waals surface area (Å²) in [6.45, 7) is 1.50. The molecule has 0 bridgehead atoms. The Kier molecular flexibility index (Phi) is 6.29. The van der Waals surface area contributed by atoms with E-state index in [0.29, 0.717) is 11.3 Å². The number of nitrogens with zero attached hydrogens (tertiary/aromatic N) is 2. The first-order valence-electron chi connectivity index (χ1n) is 8.05. The lowest BCUT2D eigenvalue weighted by Gasteiger charge is -2.19. The summed E-state index contributed by atoms with van der Waals surface area (Å²) in [4.78, 5) is 24.2. The lowest BCUT2D eigenvalue weighted by molar-refractivity contribution is 0.103. The fraction of sp³-hybridized carbons (Fsp3) is 0.278. The first-order chi connectivity index (χ1) is 12.7. The Balaban J connectivity index is 2.56. The minimum Gasteiger partial charge on any atom is -0.497 e. The standard InChI is InChI=1S/C18H21N3O5S/c1-12(19-23)17-15(18(22)13-8-10-14(26-4)11-9-13)6-5-7-16(17)20-27(24,25)21(2)3/h5-12,20H,1-4H3. The topological polar surface area (TPSA) is 105 Å². The third-order valence-corrected chi connectivity index (χ3v) is 5.44. The van der Waals surface area contributed by atoms with Crippen LogP contribution in [0, 0.1) is 4.91 Å². The van der Waals surface area contributed by atoms with Gasteiger partial charge in [0.2, 0.25) is 0 Å². The number of benzene rings is 2. The van der Waals surface area contributed by atoms with E-state index in [1.54, 1.807) is 30.3 Å². The Hall–Kier alpha value is -2.78. The second kappa shape index (κ2) is 8.28. The molecule has 0 radical (unpaired) electrons. The Morgan fingerprint density at radius 3 is 2.30 bits per heavy atom. The molecule has 0 amide bonds. The number of anilines is 1. The van der Waals surface area contributed by atoms with Crippen molar-refractivity contribution >= 4 is 21.7 Å². The van der Waals surface area contributed by atoms with Crippen molar-refractivity contribution in [2.24, 2.45) is 5.18 Å². The van der Waals surface area contributed by atoms with E-state index >= 15 is 0 Å². The molecular formula is C18H21N3O5S. The van der Waals surface area contributed by atoms with E-state index in [9.17, 15) is 18.1 Å². The Bertz CT molecular complexity index is 940. The second-order valence-electron chi connectivity index (χ2n) is 6.00. The SMILES string of the molecule is COc1ccc(C(=O)c2cccc(NS(=O)(=O)N(C)C)c2C(C)N=O)cc1. The first-order valence-corrected chi connectivity index (χ1v) is 9.49. The van der Waals surface area contributed by atoms with Crippen LogP contribution in [0.3, 0.4) is 0 Å². The minimum atomic E-state index is -3.82. The summed E-state index contributed by atoms with van der Waals surface area (Å²) >= 11 is 0. The number of nitroso groups, excluding NO2 is 1. The Morgan fingerprint density at radius 2 is 1.78 bits per heavy atom. The molecule has 9 heteroatoms. The summed E-state index contributed by atoms with van der Waals surface area (Å²) in [5.41, 5.74) is 0.933. The van der Waals surface area contributed by atoms with Gasteiger partial charge in [0, 0.05) is 30.8 Å². The summed E-state index contributed by atoms with van der Waals surface area (Å²) in [7, 11) is 0.442. The normalized spacial score (nSPS) is 12.5. The highest BCUT2D eigenvalue weighted by Gasteiger charge is 2.24. The smallest absolute Gasteiger partial charge is 0.301 e.